The topological polar surface area (TPSA) is 108 Å². The number of hydrogen-bond donors (Lipinski definition) is 3. The second-order valence-electron chi connectivity index (χ2n) is 8.28. The normalized spacial score (nSPS) is 18.8. The Morgan fingerprint density at radius 3 is 2.16 bits per heavy atom. The predicted octanol–water partition coefficient (Wildman–Crippen LogP) is 2.74. The van der Waals surface area contributed by atoms with E-state index in [9.17, 15) is 19.2 Å². The summed E-state index contributed by atoms with van der Waals surface area (Å²) in [6.07, 6.45) is 2.87. The molecule has 166 valence electrons. The minimum absolute atomic E-state index is 0.368. The number of hydrogen-bond acceptors (Lipinski definition) is 4. The Bertz CT molecular complexity index is 1020. The number of carbonyl (C=O) groups is 4. The Morgan fingerprint density at radius 1 is 0.938 bits per heavy atom. The van der Waals surface area contributed by atoms with E-state index in [1.54, 1.807) is 48.5 Å². The molecule has 2 fully saturated rings. The molecular weight excluding hydrogens is 408 g/mol. The molecule has 0 aromatic heterocycles. The molecule has 4 rings (SSSR count). The molecule has 1 aliphatic heterocycles. The van der Waals surface area contributed by atoms with Crippen LogP contribution in [0.4, 0.5) is 10.5 Å². The van der Waals surface area contributed by atoms with Crippen LogP contribution in [-0.4, -0.2) is 40.2 Å². The van der Waals surface area contributed by atoms with E-state index in [0.29, 0.717) is 24.1 Å². The van der Waals surface area contributed by atoms with E-state index in [0.717, 1.165) is 17.7 Å². The molecule has 2 aliphatic rings. The standard InChI is InChI=1S/C24H26N4O4/c1-16(28-22(31)24(27-23(28)32)14-8-9-15-24)20(29)26-19(17-10-4-2-5-11-17)21(30)25-18-12-6-3-7-13-18/h2-7,10-13,16,19H,8-9,14-15H2,1H3,(H,25,30)(H,26,29)(H,27,32). The largest absolute Gasteiger partial charge is 0.339 e. The lowest BCUT2D eigenvalue weighted by Crippen LogP contribution is -2.51. The van der Waals surface area contributed by atoms with Gasteiger partial charge in [-0.1, -0.05) is 61.4 Å². The van der Waals surface area contributed by atoms with Crippen molar-refractivity contribution in [1.29, 1.82) is 0 Å². The Kier molecular flexibility index (Phi) is 5.94. The maximum atomic E-state index is 13.1. The van der Waals surface area contributed by atoms with Crippen molar-refractivity contribution in [3.8, 4) is 0 Å². The number of para-hydroxylation sites is 1. The van der Waals surface area contributed by atoms with Crippen LogP contribution in [0.5, 0.6) is 0 Å². The highest BCUT2D eigenvalue weighted by Crippen LogP contribution is 2.35. The lowest BCUT2D eigenvalue weighted by molar-refractivity contribution is -0.138. The van der Waals surface area contributed by atoms with Gasteiger partial charge in [0.15, 0.2) is 0 Å². The number of imide groups is 1. The average molecular weight is 434 g/mol. The van der Waals surface area contributed by atoms with E-state index in [1.807, 2.05) is 12.1 Å². The van der Waals surface area contributed by atoms with Gasteiger partial charge >= 0.3 is 6.03 Å². The second-order valence-corrected chi connectivity index (χ2v) is 8.28. The third-order valence-electron chi connectivity index (χ3n) is 6.14. The number of benzene rings is 2. The van der Waals surface area contributed by atoms with Crippen LogP contribution in [0.2, 0.25) is 0 Å². The summed E-state index contributed by atoms with van der Waals surface area (Å²) in [7, 11) is 0. The van der Waals surface area contributed by atoms with Crippen molar-refractivity contribution in [3.05, 3.63) is 66.2 Å². The van der Waals surface area contributed by atoms with Crippen molar-refractivity contribution in [3.63, 3.8) is 0 Å². The number of rotatable bonds is 6. The molecule has 1 spiro atoms. The van der Waals surface area contributed by atoms with E-state index in [1.165, 1.54) is 6.92 Å². The van der Waals surface area contributed by atoms with Crippen LogP contribution in [0.1, 0.15) is 44.2 Å². The minimum Gasteiger partial charge on any atom is -0.339 e. The quantitative estimate of drug-likeness (QED) is 0.608. The van der Waals surface area contributed by atoms with Gasteiger partial charge in [0, 0.05) is 5.69 Å². The summed E-state index contributed by atoms with van der Waals surface area (Å²) >= 11 is 0. The maximum Gasteiger partial charge on any atom is 0.325 e. The number of nitrogens with zero attached hydrogens (tertiary/aromatic N) is 1. The molecule has 1 saturated heterocycles. The summed E-state index contributed by atoms with van der Waals surface area (Å²) in [5.41, 5.74) is 0.290. The van der Waals surface area contributed by atoms with Crippen LogP contribution < -0.4 is 16.0 Å². The molecule has 0 bridgehead atoms. The van der Waals surface area contributed by atoms with E-state index in [-0.39, 0.29) is 5.91 Å². The van der Waals surface area contributed by atoms with E-state index in [4.69, 9.17) is 0 Å². The Balaban J connectivity index is 1.52. The molecule has 0 radical (unpaired) electrons. The first kappa shape index (κ1) is 21.5. The first-order valence-corrected chi connectivity index (χ1v) is 10.8. The van der Waals surface area contributed by atoms with Crippen molar-refractivity contribution in [2.75, 3.05) is 5.32 Å². The molecule has 2 aromatic carbocycles. The zero-order chi connectivity index (χ0) is 22.7. The third kappa shape index (κ3) is 4.08. The molecule has 1 saturated carbocycles. The summed E-state index contributed by atoms with van der Waals surface area (Å²) in [5.74, 6) is -1.37. The molecule has 32 heavy (non-hydrogen) atoms. The third-order valence-corrected chi connectivity index (χ3v) is 6.14. The summed E-state index contributed by atoms with van der Waals surface area (Å²) < 4.78 is 0. The molecule has 2 atom stereocenters. The Hall–Kier alpha value is -3.68. The van der Waals surface area contributed by atoms with Gasteiger partial charge in [0.1, 0.15) is 17.6 Å². The molecule has 2 aromatic rings. The van der Waals surface area contributed by atoms with Gasteiger partial charge in [0.25, 0.3) is 11.8 Å². The molecule has 8 heteroatoms. The first-order valence-electron chi connectivity index (χ1n) is 10.8. The van der Waals surface area contributed by atoms with Crippen LogP contribution in [0.3, 0.4) is 0 Å². The van der Waals surface area contributed by atoms with Gasteiger partial charge in [-0.25, -0.2) is 9.69 Å². The van der Waals surface area contributed by atoms with Crippen LogP contribution >= 0.6 is 0 Å². The molecule has 5 amide bonds. The van der Waals surface area contributed by atoms with Gasteiger partial charge in [-0.05, 0) is 37.5 Å². The van der Waals surface area contributed by atoms with E-state index < -0.39 is 35.5 Å². The number of nitrogens with one attached hydrogen (secondary N) is 3. The highest BCUT2D eigenvalue weighted by molar-refractivity contribution is 6.10. The summed E-state index contributed by atoms with van der Waals surface area (Å²) in [5, 5.41) is 8.31. The first-order chi connectivity index (χ1) is 15.4. The fraction of sp³-hybridized carbons (Fsp3) is 0.333. The minimum atomic E-state index is -1.06. The Labute approximate surface area is 186 Å². The number of urea groups is 1. The van der Waals surface area contributed by atoms with Gasteiger partial charge in [0.05, 0.1) is 0 Å². The maximum absolute atomic E-state index is 13.1. The van der Waals surface area contributed by atoms with Crippen molar-refractivity contribution in [2.24, 2.45) is 0 Å². The Morgan fingerprint density at radius 2 is 1.53 bits per heavy atom. The van der Waals surface area contributed by atoms with E-state index in [2.05, 4.69) is 16.0 Å². The second kappa shape index (κ2) is 8.82. The summed E-state index contributed by atoms with van der Waals surface area (Å²) in [6.45, 7) is 1.50. The molecule has 1 aliphatic carbocycles. The van der Waals surface area contributed by atoms with Gasteiger partial charge in [0.2, 0.25) is 5.91 Å². The van der Waals surface area contributed by atoms with Crippen molar-refractivity contribution in [1.82, 2.24) is 15.5 Å². The summed E-state index contributed by atoms with van der Waals surface area (Å²) in [4.78, 5) is 52.7. The molecule has 3 N–H and O–H groups in total. The van der Waals surface area contributed by atoms with Crippen LogP contribution in [0.25, 0.3) is 0 Å². The zero-order valence-corrected chi connectivity index (χ0v) is 17.8. The van der Waals surface area contributed by atoms with Crippen molar-refractivity contribution >= 4 is 29.4 Å². The van der Waals surface area contributed by atoms with Crippen molar-refractivity contribution < 1.29 is 19.2 Å². The SMILES string of the molecule is CC(C(=O)NC(C(=O)Nc1ccccc1)c1ccccc1)N1C(=O)NC2(CCCC2)C1=O. The van der Waals surface area contributed by atoms with Gasteiger partial charge in [-0.2, -0.15) is 0 Å². The highest BCUT2D eigenvalue weighted by atomic mass is 16.2. The molecule has 2 unspecified atom stereocenters. The lowest BCUT2D eigenvalue weighted by Gasteiger charge is -2.26. The van der Waals surface area contributed by atoms with Crippen LogP contribution in [0.15, 0.2) is 60.7 Å². The smallest absolute Gasteiger partial charge is 0.325 e. The molecular formula is C24H26N4O4. The van der Waals surface area contributed by atoms with Crippen LogP contribution in [0, 0.1) is 0 Å². The lowest BCUT2D eigenvalue weighted by atomic mass is 9.97. The van der Waals surface area contributed by atoms with Gasteiger partial charge in [-0.15, -0.1) is 0 Å². The number of amides is 5. The van der Waals surface area contributed by atoms with Gasteiger partial charge < -0.3 is 16.0 Å². The zero-order valence-electron chi connectivity index (χ0n) is 17.8. The van der Waals surface area contributed by atoms with Crippen LogP contribution in [-0.2, 0) is 14.4 Å². The predicted molar refractivity (Wildman–Crippen MR) is 118 cm³/mol. The van der Waals surface area contributed by atoms with E-state index >= 15 is 0 Å². The fourth-order valence-electron chi connectivity index (χ4n) is 4.37. The highest BCUT2D eigenvalue weighted by Gasteiger charge is 2.54. The molecule has 1 heterocycles. The summed E-state index contributed by atoms with van der Waals surface area (Å²) in [6, 6.07) is 15.1. The average Bonchev–Trinajstić information content (AvgIpc) is 3.37. The molecule has 8 nitrogen and oxygen atoms in total. The monoisotopic (exact) mass is 434 g/mol. The van der Waals surface area contributed by atoms with Crippen molar-refractivity contribution in [2.45, 2.75) is 50.2 Å². The number of carbonyl (C=O) groups excluding carboxylic acids is 4. The fourth-order valence-corrected chi connectivity index (χ4v) is 4.37. The van der Waals surface area contributed by atoms with Gasteiger partial charge in [-0.3, -0.25) is 14.4 Å². The number of anilines is 1.